The van der Waals surface area contributed by atoms with Gasteiger partial charge in [0.25, 0.3) is 0 Å². The van der Waals surface area contributed by atoms with Crippen molar-refractivity contribution in [1.82, 2.24) is 0 Å². The lowest BCUT2D eigenvalue weighted by Gasteiger charge is -2.16. The van der Waals surface area contributed by atoms with Gasteiger partial charge in [-0.05, 0) is 57.3 Å². The number of fused-ring (bicyclic) bond motifs is 1. The summed E-state index contributed by atoms with van der Waals surface area (Å²) in [6, 6.07) is 10.5. The molecule has 1 aromatic heterocycles. The summed E-state index contributed by atoms with van der Waals surface area (Å²) in [6.45, 7) is 0. The number of thiophene rings is 1. The Balaban J connectivity index is 1.83. The molecule has 1 unspecified atom stereocenters. The number of benzene rings is 1. The maximum Gasteiger partial charge on any atom is 0.0927 e. The Kier molecular flexibility index (Phi) is 3.07. The van der Waals surface area contributed by atoms with E-state index in [0.717, 1.165) is 22.2 Å². The molecule has 3 rings (SSSR count). The summed E-state index contributed by atoms with van der Waals surface area (Å²) >= 11 is 5.13. The maximum absolute atomic E-state index is 10.4. The largest absolute Gasteiger partial charge is 0.387 e. The quantitative estimate of drug-likeness (QED) is 0.890. The van der Waals surface area contributed by atoms with Gasteiger partial charge < -0.3 is 5.11 Å². The summed E-state index contributed by atoms with van der Waals surface area (Å²) in [5, 5.41) is 12.5. The van der Waals surface area contributed by atoms with Crippen molar-refractivity contribution in [1.29, 1.82) is 0 Å². The summed E-state index contributed by atoms with van der Waals surface area (Å²) in [7, 11) is 0. The van der Waals surface area contributed by atoms with Crippen LogP contribution in [-0.4, -0.2) is 5.11 Å². The van der Waals surface area contributed by atoms with E-state index in [-0.39, 0.29) is 6.10 Å². The normalized spacial score (nSPS) is 17.1. The second-order valence-corrected chi connectivity index (χ2v) is 6.32. The molecule has 1 nitrogen and oxygen atoms in total. The van der Waals surface area contributed by atoms with Gasteiger partial charge in [-0.25, -0.2) is 0 Å². The third-order valence-corrected chi connectivity index (χ3v) is 5.38. The van der Waals surface area contributed by atoms with Crippen molar-refractivity contribution in [2.45, 2.75) is 18.9 Å². The van der Waals surface area contributed by atoms with E-state index in [2.05, 4.69) is 40.2 Å². The second-order valence-electron chi connectivity index (χ2n) is 4.51. The summed E-state index contributed by atoms with van der Waals surface area (Å²) in [4.78, 5) is 1.06. The Morgan fingerprint density at radius 1 is 1.18 bits per heavy atom. The van der Waals surface area contributed by atoms with E-state index in [4.69, 9.17) is 0 Å². The molecule has 3 heteroatoms. The minimum atomic E-state index is -0.350. The van der Waals surface area contributed by atoms with Crippen molar-refractivity contribution < 1.29 is 5.11 Å². The molecule has 88 valence electrons. The van der Waals surface area contributed by atoms with Gasteiger partial charge in [-0.15, -0.1) is 11.3 Å². The Bertz CT molecular complexity index is 510. The summed E-state index contributed by atoms with van der Waals surface area (Å²) < 4.78 is 1.03. The smallest absolute Gasteiger partial charge is 0.0927 e. The third-order valence-electron chi connectivity index (χ3n) is 3.44. The van der Waals surface area contributed by atoms with Crippen molar-refractivity contribution in [2.75, 3.05) is 0 Å². The highest BCUT2D eigenvalue weighted by molar-refractivity contribution is 9.10. The molecule has 0 saturated heterocycles. The number of hydrogen-bond donors (Lipinski definition) is 1. The number of aliphatic hydroxyl groups excluding tert-OH is 1. The highest BCUT2D eigenvalue weighted by Crippen LogP contribution is 2.39. The number of hydrogen-bond acceptors (Lipinski definition) is 2. The minimum Gasteiger partial charge on any atom is -0.387 e. The molecule has 1 heterocycles. The average Bonchev–Trinajstić information content (AvgIpc) is 2.93. The van der Waals surface area contributed by atoms with Crippen LogP contribution in [0.4, 0.5) is 0 Å². The monoisotopic (exact) mass is 308 g/mol. The van der Waals surface area contributed by atoms with Gasteiger partial charge in [0.15, 0.2) is 0 Å². The van der Waals surface area contributed by atoms with Crippen molar-refractivity contribution in [3.8, 4) is 0 Å². The summed E-state index contributed by atoms with van der Waals surface area (Å²) in [5.74, 6) is 0.322. The van der Waals surface area contributed by atoms with Gasteiger partial charge in [0.2, 0.25) is 0 Å². The van der Waals surface area contributed by atoms with Gasteiger partial charge in [-0.3, -0.25) is 0 Å². The van der Waals surface area contributed by atoms with Crippen LogP contribution in [0, 0.1) is 5.92 Å². The van der Waals surface area contributed by atoms with Crippen LogP contribution in [0.3, 0.4) is 0 Å². The molecule has 1 atom stereocenters. The fraction of sp³-hybridized carbons (Fsp3) is 0.286. The molecule has 0 spiro atoms. The summed E-state index contributed by atoms with van der Waals surface area (Å²) in [6.07, 6.45) is 1.63. The fourth-order valence-electron chi connectivity index (χ4n) is 2.55. The molecule has 1 aliphatic carbocycles. The van der Waals surface area contributed by atoms with Gasteiger partial charge in [-0.1, -0.05) is 24.3 Å². The van der Waals surface area contributed by atoms with Gasteiger partial charge in [0.05, 0.1) is 6.10 Å². The van der Waals surface area contributed by atoms with Gasteiger partial charge >= 0.3 is 0 Å². The number of halogens is 1. The van der Waals surface area contributed by atoms with Crippen LogP contribution < -0.4 is 0 Å². The van der Waals surface area contributed by atoms with Crippen molar-refractivity contribution in [3.63, 3.8) is 0 Å². The molecule has 1 aliphatic rings. The van der Waals surface area contributed by atoms with Crippen molar-refractivity contribution in [2.24, 2.45) is 5.92 Å². The first-order valence-electron chi connectivity index (χ1n) is 5.73. The number of aliphatic hydroxyl groups is 1. The highest BCUT2D eigenvalue weighted by atomic mass is 79.9. The second kappa shape index (κ2) is 4.56. The molecular weight excluding hydrogens is 296 g/mol. The van der Waals surface area contributed by atoms with E-state index in [1.165, 1.54) is 11.1 Å². The van der Waals surface area contributed by atoms with Crippen LogP contribution in [0.25, 0.3) is 0 Å². The average molecular weight is 309 g/mol. The Morgan fingerprint density at radius 2 is 1.82 bits per heavy atom. The van der Waals surface area contributed by atoms with Crippen LogP contribution in [0.2, 0.25) is 0 Å². The van der Waals surface area contributed by atoms with Crippen molar-refractivity contribution >= 4 is 27.3 Å². The first-order chi connectivity index (χ1) is 8.25. The maximum atomic E-state index is 10.4. The molecule has 0 saturated carbocycles. The lowest BCUT2D eigenvalue weighted by atomic mass is 9.98. The molecule has 1 aromatic carbocycles. The first kappa shape index (κ1) is 11.5. The topological polar surface area (TPSA) is 20.2 Å². The molecular formula is C14H13BrOS. The van der Waals surface area contributed by atoms with Crippen LogP contribution >= 0.6 is 27.3 Å². The zero-order chi connectivity index (χ0) is 11.8. The van der Waals surface area contributed by atoms with Gasteiger partial charge in [0.1, 0.15) is 0 Å². The standard InChI is InChI=1S/C14H13BrOS/c15-12-5-6-17-14(12)13(16)11-7-9-3-1-2-4-10(9)8-11/h1-6,11,13,16H,7-8H2. The summed E-state index contributed by atoms with van der Waals surface area (Å²) in [5.41, 5.74) is 2.79. The highest BCUT2D eigenvalue weighted by Gasteiger charge is 2.29. The van der Waals surface area contributed by atoms with Crippen molar-refractivity contribution in [3.05, 3.63) is 56.2 Å². The molecule has 0 fully saturated rings. The Morgan fingerprint density at radius 3 is 2.35 bits per heavy atom. The van der Waals surface area contributed by atoms with E-state index >= 15 is 0 Å². The fourth-order valence-corrected chi connectivity index (χ4v) is 4.23. The molecule has 1 N–H and O–H groups in total. The Labute approximate surface area is 113 Å². The predicted octanol–water partition coefficient (Wildman–Crippen LogP) is 3.96. The zero-order valence-electron chi connectivity index (χ0n) is 9.27. The first-order valence-corrected chi connectivity index (χ1v) is 7.40. The number of rotatable bonds is 2. The lowest BCUT2D eigenvalue weighted by molar-refractivity contribution is 0.116. The van der Waals surface area contributed by atoms with Crippen LogP contribution in [0.15, 0.2) is 40.2 Å². The van der Waals surface area contributed by atoms with Crippen LogP contribution in [-0.2, 0) is 12.8 Å². The van der Waals surface area contributed by atoms with Crippen LogP contribution in [0.5, 0.6) is 0 Å². The molecule has 0 amide bonds. The van der Waals surface area contributed by atoms with Crippen LogP contribution in [0.1, 0.15) is 22.1 Å². The minimum absolute atomic E-state index is 0.322. The SMILES string of the molecule is OC(c1sccc1Br)C1Cc2ccccc2C1. The molecule has 0 radical (unpaired) electrons. The van der Waals surface area contributed by atoms with Gasteiger partial charge in [0, 0.05) is 9.35 Å². The van der Waals surface area contributed by atoms with E-state index < -0.39 is 0 Å². The molecule has 17 heavy (non-hydrogen) atoms. The van der Waals surface area contributed by atoms with E-state index in [9.17, 15) is 5.11 Å². The molecule has 0 bridgehead atoms. The predicted molar refractivity (Wildman–Crippen MR) is 74.3 cm³/mol. The van der Waals surface area contributed by atoms with E-state index in [1.807, 2.05) is 11.4 Å². The molecule has 2 aromatic rings. The molecule has 0 aliphatic heterocycles. The Hall–Kier alpha value is -0.640. The zero-order valence-corrected chi connectivity index (χ0v) is 11.7. The van der Waals surface area contributed by atoms with Gasteiger partial charge in [-0.2, -0.15) is 0 Å². The third kappa shape index (κ3) is 2.07. The van der Waals surface area contributed by atoms with E-state index in [1.54, 1.807) is 11.3 Å². The van der Waals surface area contributed by atoms with E-state index in [0.29, 0.717) is 5.92 Å². The lowest BCUT2D eigenvalue weighted by Crippen LogP contribution is -2.11.